The van der Waals surface area contributed by atoms with Crippen LogP contribution in [0.1, 0.15) is 23.7 Å². The molecule has 0 radical (unpaired) electrons. The number of carbonyl (C=O) groups is 1. The van der Waals surface area contributed by atoms with Crippen LogP contribution in [0.3, 0.4) is 0 Å². The van der Waals surface area contributed by atoms with Crippen molar-refractivity contribution in [3.8, 4) is 0 Å². The van der Waals surface area contributed by atoms with E-state index in [-0.39, 0.29) is 11.9 Å². The van der Waals surface area contributed by atoms with E-state index < -0.39 is 5.95 Å². The Balaban J connectivity index is 2.65. The van der Waals surface area contributed by atoms with Crippen molar-refractivity contribution in [2.75, 3.05) is 19.1 Å². The maximum Gasteiger partial charge on any atom is 0.255 e. The molecule has 5 heteroatoms. The highest BCUT2D eigenvalue weighted by molar-refractivity contribution is 7.98. The lowest BCUT2D eigenvalue weighted by Crippen LogP contribution is -2.35. The summed E-state index contributed by atoms with van der Waals surface area (Å²) in [5.41, 5.74) is 0.421. The third-order valence-corrected chi connectivity index (χ3v) is 3.34. The number of aromatic nitrogens is 1. The molecule has 1 aromatic rings. The van der Waals surface area contributed by atoms with Gasteiger partial charge in [-0.15, -0.1) is 0 Å². The zero-order valence-corrected chi connectivity index (χ0v) is 11.1. The maximum absolute atomic E-state index is 12.6. The summed E-state index contributed by atoms with van der Waals surface area (Å²) < 4.78 is 12.6. The number of nitrogens with zero attached hydrogens (tertiary/aromatic N) is 2. The standard InChI is InChI=1S/C12H17FN2OS/c1-9(6-7-17-3)15(2)12(16)10-4-5-11(13)14-8-10/h4-5,8-9H,6-7H2,1-3H3. The summed E-state index contributed by atoms with van der Waals surface area (Å²) in [7, 11) is 1.76. The van der Waals surface area contributed by atoms with Crippen LogP contribution in [0.25, 0.3) is 0 Å². The minimum Gasteiger partial charge on any atom is -0.339 e. The molecule has 0 fully saturated rings. The SMILES string of the molecule is CSCCC(C)N(C)C(=O)c1ccc(F)nc1. The van der Waals surface area contributed by atoms with Crippen molar-refractivity contribution in [2.24, 2.45) is 0 Å². The van der Waals surface area contributed by atoms with Crippen LogP contribution in [-0.4, -0.2) is 40.9 Å². The van der Waals surface area contributed by atoms with Gasteiger partial charge in [0, 0.05) is 19.3 Å². The first-order chi connectivity index (χ1) is 8.06. The Morgan fingerprint density at radius 2 is 2.29 bits per heavy atom. The Hall–Kier alpha value is -1.10. The molecule has 0 N–H and O–H groups in total. The monoisotopic (exact) mass is 256 g/mol. The second-order valence-corrected chi connectivity index (χ2v) is 4.90. The fourth-order valence-corrected chi connectivity index (χ4v) is 1.96. The number of halogens is 1. The highest BCUT2D eigenvalue weighted by atomic mass is 32.2. The molecule has 1 aromatic heterocycles. The topological polar surface area (TPSA) is 33.2 Å². The molecule has 0 aliphatic carbocycles. The van der Waals surface area contributed by atoms with E-state index in [4.69, 9.17) is 0 Å². The van der Waals surface area contributed by atoms with Gasteiger partial charge in [-0.25, -0.2) is 4.98 Å². The van der Waals surface area contributed by atoms with E-state index in [9.17, 15) is 9.18 Å². The smallest absolute Gasteiger partial charge is 0.255 e. The Labute approximate surface area is 105 Å². The van der Waals surface area contributed by atoms with Gasteiger partial charge in [-0.1, -0.05) is 0 Å². The van der Waals surface area contributed by atoms with Gasteiger partial charge in [0.05, 0.1) is 5.56 Å². The van der Waals surface area contributed by atoms with Gasteiger partial charge in [-0.2, -0.15) is 16.2 Å². The molecule has 0 aliphatic heterocycles. The van der Waals surface area contributed by atoms with Gasteiger partial charge in [0.1, 0.15) is 0 Å². The summed E-state index contributed by atoms with van der Waals surface area (Å²) in [5.74, 6) is 0.325. The summed E-state index contributed by atoms with van der Waals surface area (Å²) in [5, 5.41) is 0. The quantitative estimate of drug-likeness (QED) is 0.759. The minimum absolute atomic E-state index is 0.119. The molecule has 1 heterocycles. The van der Waals surface area contributed by atoms with Gasteiger partial charge in [-0.3, -0.25) is 4.79 Å². The largest absolute Gasteiger partial charge is 0.339 e. The fraction of sp³-hybridized carbons (Fsp3) is 0.500. The van der Waals surface area contributed by atoms with E-state index in [1.165, 1.54) is 18.3 Å². The maximum atomic E-state index is 12.6. The first-order valence-electron chi connectivity index (χ1n) is 5.44. The van der Waals surface area contributed by atoms with Crippen molar-refractivity contribution in [2.45, 2.75) is 19.4 Å². The second kappa shape index (κ2) is 6.59. The average molecular weight is 256 g/mol. The van der Waals surface area contributed by atoms with Gasteiger partial charge in [-0.05, 0) is 37.5 Å². The van der Waals surface area contributed by atoms with Gasteiger partial charge < -0.3 is 4.90 Å². The van der Waals surface area contributed by atoms with Crippen LogP contribution in [0.5, 0.6) is 0 Å². The lowest BCUT2D eigenvalue weighted by molar-refractivity contribution is 0.0741. The van der Waals surface area contributed by atoms with Gasteiger partial charge >= 0.3 is 0 Å². The Bertz CT molecular complexity index is 369. The van der Waals surface area contributed by atoms with E-state index in [0.29, 0.717) is 5.56 Å². The van der Waals surface area contributed by atoms with E-state index in [1.807, 2.05) is 13.2 Å². The number of thioether (sulfide) groups is 1. The molecule has 1 atom stereocenters. The van der Waals surface area contributed by atoms with Crippen molar-refractivity contribution in [3.05, 3.63) is 29.8 Å². The van der Waals surface area contributed by atoms with Crippen LogP contribution < -0.4 is 0 Å². The third kappa shape index (κ3) is 4.00. The van der Waals surface area contributed by atoms with Crippen LogP contribution in [0.4, 0.5) is 4.39 Å². The second-order valence-electron chi connectivity index (χ2n) is 3.92. The van der Waals surface area contributed by atoms with Crippen LogP contribution in [0.2, 0.25) is 0 Å². The van der Waals surface area contributed by atoms with Gasteiger partial charge in [0.2, 0.25) is 5.95 Å². The summed E-state index contributed by atoms with van der Waals surface area (Å²) in [6.07, 6.45) is 4.26. The number of hydrogen-bond donors (Lipinski definition) is 0. The minimum atomic E-state index is -0.570. The zero-order valence-electron chi connectivity index (χ0n) is 10.3. The molecule has 0 saturated heterocycles. The summed E-state index contributed by atoms with van der Waals surface area (Å²) in [6.45, 7) is 2.01. The van der Waals surface area contributed by atoms with Crippen molar-refractivity contribution in [1.82, 2.24) is 9.88 Å². The Morgan fingerprint density at radius 1 is 1.59 bits per heavy atom. The van der Waals surface area contributed by atoms with Crippen molar-refractivity contribution in [1.29, 1.82) is 0 Å². The van der Waals surface area contributed by atoms with Crippen molar-refractivity contribution < 1.29 is 9.18 Å². The molecule has 0 aromatic carbocycles. The summed E-state index contributed by atoms with van der Waals surface area (Å²) in [6, 6.07) is 2.83. The van der Waals surface area contributed by atoms with E-state index in [0.717, 1.165) is 12.2 Å². The Morgan fingerprint density at radius 3 is 2.82 bits per heavy atom. The number of hydrogen-bond acceptors (Lipinski definition) is 3. The summed E-state index contributed by atoms with van der Waals surface area (Å²) in [4.78, 5) is 17.2. The van der Waals surface area contributed by atoms with Gasteiger partial charge in [0.25, 0.3) is 5.91 Å². The molecule has 3 nitrogen and oxygen atoms in total. The predicted molar refractivity (Wildman–Crippen MR) is 68.7 cm³/mol. The molecule has 1 unspecified atom stereocenters. The van der Waals surface area contributed by atoms with Crippen LogP contribution in [0.15, 0.2) is 18.3 Å². The summed E-state index contributed by atoms with van der Waals surface area (Å²) >= 11 is 1.76. The normalized spacial score (nSPS) is 12.2. The molecule has 1 rings (SSSR count). The molecular formula is C12H17FN2OS. The molecule has 94 valence electrons. The van der Waals surface area contributed by atoms with E-state index in [1.54, 1.807) is 23.7 Å². The number of rotatable bonds is 5. The van der Waals surface area contributed by atoms with Crippen molar-refractivity contribution >= 4 is 17.7 Å². The first kappa shape index (κ1) is 14.0. The van der Waals surface area contributed by atoms with Crippen molar-refractivity contribution in [3.63, 3.8) is 0 Å². The Kier molecular flexibility index (Phi) is 5.41. The molecule has 0 aliphatic rings. The molecule has 0 spiro atoms. The first-order valence-corrected chi connectivity index (χ1v) is 6.83. The molecular weight excluding hydrogens is 239 g/mol. The predicted octanol–water partition coefficient (Wildman–Crippen LogP) is 2.43. The lowest BCUT2D eigenvalue weighted by Gasteiger charge is -2.24. The van der Waals surface area contributed by atoms with Crippen LogP contribution >= 0.6 is 11.8 Å². The van der Waals surface area contributed by atoms with Gasteiger partial charge in [0.15, 0.2) is 0 Å². The highest BCUT2D eigenvalue weighted by Crippen LogP contribution is 2.10. The molecule has 0 bridgehead atoms. The molecule has 1 amide bonds. The molecule has 0 saturated carbocycles. The number of pyridine rings is 1. The number of amides is 1. The zero-order chi connectivity index (χ0) is 12.8. The number of carbonyl (C=O) groups excluding carboxylic acids is 1. The van der Waals surface area contributed by atoms with Crippen LogP contribution in [0, 0.1) is 5.95 Å². The van der Waals surface area contributed by atoms with Crippen LogP contribution in [-0.2, 0) is 0 Å². The average Bonchev–Trinajstić information content (AvgIpc) is 2.35. The fourth-order valence-electron chi connectivity index (χ4n) is 1.39. The third-order valence-electron chi connectivity index (χ3n) is 2.70. The van der Waals surface area contributed by atoms with E-state index >= 15 is 0 Å². The highest BCUT2D eigenvalue weighted by Gasteiger charge is 2.17. The van der Waals surface area contributed by atoms with E-state index in [2.05, 4.69) is 4.98 Å². The molecule has 17 heavy (non-hydrogen) atoms. The lowest BCUT2D eigenvalue weighted by atomic mass is 10.2.